The summed E-state index contributed by atoms with van der Waals surface area (Å²) < 4.78 is 6.55. The zero-order chi connectivity index (χ0) is 13.8. The molecule has 0 radical (unpaired) electrons. The molecule has 0 aliphatic rings. The molecule has 0 aliphatic heterocycles. The van der Waals surface area contributed by atoms with Gasteiger partial charge in [0.2, 0.25) is 0 Å². The Morgan fingerprint density at radius 3 is 2.74 bits per heavy atom. The minimum Gasteiger partial charge on any atom is -0.448 e. The van der Waals surface area contributed by atoms with E-state index < -0.39 is 6.09 Å². The second-order valence-corrected chi connectivity index (χ2v) is 4.41. The van der Waals surface area contributed by atoms with E-state index in [0.29, 0.717) is 11.9 Å². The van der Waals surface area contributed by atoms with E-state index in [4.69, 9.17) is 4.74 Å². The van der Waals surface area contributed by atoms with E-state index in [1.54, 1.807) is 30.9 Å². The fraction of sp³-hybridized carbons (Fsp3) is 0.286. The van der Waals surface area contributed by atoms with Crippen LogP contribution >= 0.6 is 0 Å². The Morgan fingerprint density at radius 1 is 1.26 bits per heavy atom. The number of rotatable bonds is 3. The Hall–Kier alpha value is -2.30. The molecule has 1 aromatic carbocycles. The lowest BCUT2D eigenvalue weighted by Crippen LogP contribution is -2.26. The molecule has 0 saturated carbocycles. The van der Waals surface area contributed by atoms with Crippen LogP contribution in [0.1, 0.15) is 0 Å². The van der Waals surface area contributed by atoms with Crippen molar-refractivity contribution in [2.75, 3.05) is 20.7 Å². The van der Waals surface area contributed by atoms with E-state index in [1.807, 2.05) is 24.3 Å². The molecular weight excluding hydrogens is 244 g/mol. The van der Waals surface area contributed by atoms with E-state index in [1.165, 1.54) is 4.90 Å². The number of hydrogen-bond acceptors (Lipinski definition) is 3. The number of nitrogens with zero attached hydrogens (tertiary/aromatic N) is 2. The first-order valence-corrected chi connectivity index (χ1v) is 6.02. The molecule has 19 heavy (non-hydrogen) atoms. The monoisotopic (exact) mass is 260 g/mol. The Bertz CT molecular complexity index is 646. The molecule has 0 bridgehead atoms. The van der Waals surface area contributed by atoms with Crippen LogP contribution in [0, 0.1) is 0 Å². The summed E-state index contributed by atoms with van der Waals surface area (Å²) in [6.45, 7) is 0.526. The number of carbonyl (C=O) groups is 1. The summed E-state index contributed by atoms with van der Waals surface area (Å²) in [6.07, 6.45) is 1.31. The van der Waals surface area contributed by atoms with E-state index in [-0.39, 0.29) is 12.2 Å². The zero-order valence-electron chi connectivity index (χ0n) is 11.0. The van der Waals surface area contributed by atoms with Gasteiger partial charge in [-0.2, -0.15) is 0 Å². The first-order chi connectivity index (χ1) is 9.09. The van der Waals surface area contributed by atoms with E-state index in [0.717, 1.165) is 5.39 Å². The van der Waals surface area contributed by atoms with Crippen LogP contribution in [0.2, 0.25) is 0 Å². The molecule has 1 heterocycles. The van der Waals surface area contributed by atoms with Gasteiger partial charge >= 0.3 is 6.09 Å². The van der Waals surface area contributed by atoms with E-state index >= 15 is 0 Å². The van der Waals surface area contributed by atoms with Crippen LogP contribution in [0.3, 0.4) is 0 Å². The Morgan fingerprint density at radius 2 is 2.00 bits per heavy atom. The average molecular weight is 260 g/mol. The van der Waals surface area contributed by atoms with Gasteiger partial charge in [-0.05, 0) is 17.5 Å². The van der Waals surface area contributed by atoms with Crippen molar-refractivity contribution in [1.82, 2.24) is 9.47 Å². The van der Waals surface area contributed by atoms with Gasteiger partial charge < -0.3 is 14.2 Å². The van der Waals surface area contributed by atoms with Crippen LogP contribution in [-0.4, -0.2) is 36.3 Å². The summed E-state index contributed by atoms with van der Waals surface area (Å²) in [4.78, 5) is 24.7. The predicted octanol–water partition coefficient (Wildman–Crippen LogP) is 1.70. The molecule has 0 spiro atoms. The number of hydrogen-bond donors (Lipinski definition) is 0. The minimum absolute atomic E-state index is 0.0704. The van der Waals surface area contributed by atoms with Gasteiger partial charge in [0.25, 0.3) is 5.56 Å². The summed E-state index contributed by atoms with van der Waals surface area (Å²) in [7, 11) is 3.23. The molecule has 0 saturated heterocycles. The lowest BCUT2D eigenvalue weighted by atomic mass is 10.2. The van der Waals surface area contributed by atoms with Gasteiger partial charge in [0.05, 0.1) is 6.54 Å². The van der Waals surface area contributed by atoms with Crippen molar-refractivity contribution in [3.63, 3.8) is 0 Å². The smallest absolute Gasteiger partial charge is 0.409 e. The molecule has 2 aromatic rings. The zero-order valence-corrected chi connectivity index (χ0v) is 11.0. The van der Waals surface area contributed by atoms with E-state index in [9.17, 15) is 9.59 Å². The molecule has 2 rings (SSSR count). The van der Waals surface area contributed by atoms with Crippen molar-refractivity contribution < 1.29 is 9.53 Å². The standard InChI is InChI=1S/C14H16N2O3/c1-15(2)14(18)19-10-9-16-8-7-11-5-3-4-6-12(11)13(16)17/h3-8H,9-10H2,1-2H3. The SMILES string of the molecule is CN(C)C(=O)OCCn1ccc2ccccc2c1=O. The Kier molecular flexibility index (Phi) is 3.85. The van der Waals surface area contributed by atoms with Crippen molar-refractivity contribution in [3.8, 4) is 0 Å². The van der Waals surface area contributed by atoms with Gasteiger partial charge in [0, 0.05) is 25.7 Å². The Balaban J connectivity index is 2.12. The van der Waals surface area contributed by atoms with Crippen LogP contribution in [0.25, 0.3) is 10.8 Å². The summed E-state index contributed by atoms with van der Waals surface area (Å²) >= 11 is 0. The maximum absolute atomic E-state index is 12.2. The molecule has 5 nitrogen and oxygen atoms in total. The van der Waals surface area contributed by atoms with Crippen molar-refractivity contribution in [1.29, 1.82) is 0 Å². The number of aromatic nitrogens is 1. The quantitative estimate of drug-likeness (QED) is 0.844. The Labute approximate surface area is 111 Å². The second kappa shape index (κ2) is 5.56. The van der Waals surface area contributed by atoms with Crippen molar-refractivity contribution >= 4 is 16.9 Å². The van der Waals surface area contributed by atoms with Crippen LogP contribution in [-0.2, 0) is 11.3 Å². The highest BCUT2D eigenvalue weighted by molar-refractivity contribution is 5.81. The number of benzene rings is 1. The highest BCUT2D eigenvalue weighted by atomic mass is 16.6. The largest absolute Gasteiger partial charge is 0.448 e. The molecule has 0 atom stereocenters. The highest BCUT2D eigenvalue weighted by Gasteiger charge is 2.05. The third-order valence-electron chi connectivity index (χ3n) is 2.81. The number of amides is 1. The number of carbonyl (C=O) groups excluding carboxylic acids is 1. The second-order valence-electron chi connectivity index (χ2n) is 4.41. The maximum Gasteiger partial charge on any atom is 0.409 e. The van der Waals surface area contributed by atoms with Gasteiger partial charge in [0.1, 0.15) is 6.61 Å². The molecule has 0 N–H and O–H groups in total. The predicted molar refractivity (Wildman–Crippen MR) is 73.2 cm³/mol. The van der Waals surface area contributed by atoms with Gasteiger partial charge in [-0.25, -0.2) is 4.79 Å². The fourth-order valence-electron chi connectivity index (χ4n) is 1.77. The molecule has 1 aromatic heterocycles. The normalized spacial score (nSPS) is 10.4. The number of ether oxygens (including phenoxy) is 1. The minimum atomic E-state index is -0.408. The van der Waals surface area contributed by atoms with Gasteiger partial charge in [-0.3, -0.25) is 4.79 Å². The lowest BCUT2D eigenvalue weighted by Gasteiger charge is -2.12. The summed E-state index contributed by atoms with van der Waals surface area (Å²) in [5.74, 6) is 0. The van der Waals surface area contributed by atoms with Crippen molar-refractivity contribution in [2.24, 2.45) is 0 Å². The number of fused-ring (bicyclic) bond motifs is 1. The first-order valence-electron chi connectivity index (χ1n) is 6.02. The van der Waals surface area contributed by atoms with Gasteiger partial charge in [0.15, 0.2) is 0 Å². The molecule has 100 valence electrons. The molecule has 0 unspecified atom stereocenters. The molecular formula is C14H16N2O3. The molecule has 0 fully saturated rings. The lowest BCUT2D eigenvalue weighted by molar-refractivity contribution is 0.114. The van der Waals surface area contributed by atoms with Crippen molar-refractivity contribution in [2.45, 2.75) is 6.54 Å². The van der Waals surface area contributed by atoms with E-state index in [2.05, 4.69) is 0 Å². The summed E-state index contributed by atoms with van der Waals surface area (Å²) in [6, 6.07) is 9.29. The number of pyridine rings is 1. The first kappa shape index (κ1) is 13.1. The van der Waals surface area contributed by atoms with Crippen LogP contribution in [0.15, 0.2) is 41.3 Å². The van der Waals surface area contributed by atoms with Gasteiger partial charge in [-0.1, -0.05) is 18.2 Å². The van der Waals surface area contributed by atoms with Gasteiger partial charge in [-0.15, -0.1) is 0 Å². The third kappa shape index (κ3) is 2.93. The summed E-state index contributed by atoms with van der Waals surface area (Å²) in [5.41, 5.74) is -0.0704. The van der Waals surface area contributed by atoms with Crippen molar-refractivity contribution in [3.05, 3.63) is 46.9 Å². The van der Waals surface area contributed by atoms with Crippen LogP contribution < -0.4 is 5.56 Å². The molecule has 1 amide bonds. The highest BCUT2D eigenvalue weighted by Crippen LogP contribution is 2.07. The summed E-state index contributed by atoms with van der Waals surface area (Å²) in [5, 5.41) is 1.58. The molecule has 0 aliphatic carbocycles. The average Bonchev–Trinajstić information content (AvgIpc) is 2.41. The van der Waals surface area contributed by atoms with Crippen LogP contribution in [0.4, 0.5) is 4.79 Å². The van der Waals surface area contributed by atoms with Crippen LogP contribution in [0.5, 0.6) is 0 Å². The topological polar surface area (TPSA) is 51.5 Å². The maximum atomic E-state index is 12.2. The molecule has 5 heteroatoms. The third-order valence-corrected chi connectivity index (χ3v) is 2.81. The fourth-order valence-corrected chi connectivity index (χ4v) is 1.77.